The SMILES string of the molecule is C[C@@H](OC(=O)c1c[nH]c2ccccc12)C(=O)Nc1ccc(Cl)cn1. The number of para-hydroxylation sites is 1. The number of rotatable bonds is 4. The highest BCUT2D eigenvalue weighted by Crippen LogP contribution is 2.19. The van der Waals surface area contributed by atoms with Gasteiger partial charge < -0.3 is 15.0 Å². The molecule has 2 heterocycles. The lowest BCUT2D eigenvalue weighted by atomic mass is 10.2. The number of H-pyrrole nitrogens is 1. The molecule has 0 unspecified atom stereocenters. The van der Waals surface area contributed by atoms with Gasteiger partial charge in [-0.3, -0.25) is 4.79 Å². The van der Waals surface area contributed by atoms with Crippen LogP contribution in [0.2, 0.25) is 5.02 Å². The van der Waals surface area contributed by atoms with Gasteiger partial charge in [0.25, 0.3) is 5.91 Å². The van der Waals surface area contributed by atoms with Crippen molar-refractivity contribution in [1.82, 2.24) is 9.97 Å². The molecule has 1 amide bonds. The summed E-state index contributed by atoms with van der Waals surface area (Å²) in [6.07, 6.45) is 2.02. The Bertz CT molecular complexity index is 889. The molecule has 0 spiro atoms. The summed E-state index contributed by atoms with van der Waals surface area (Å²) in [7, 11) is 0. The molecule has 0 aliphatic rings. The topological polar surface area (TPSA) is 84.1 Å². The van der Waals surface area contributed by atoms with Crippen molar-refractivity contribution in [3.05, 3.63) is 59.4 Å². The van der Waals surface area contributed by atoms with Crippen LogP contribution in [0.15, 0.2) is 48.8 Å². The zero-order chi connectivity index (χ0) is 17.1. The van der Waals surface area contributed by atoms with Crippen LogP contribution in [0.1, 0.15) is 17.3 Å². The molecule has 0 saturated heterocycles. The number of benzene rings is 1. The Morgan fingerprint density at radius 1 is 1.25 bits per heavy atom. The van der Waals surface area contributed by atoms with E-state index in [0.29, 0.717) is 16.4 Å². The monoisotopic (exact) mass is 343 g/mol. The van der Waals surface area contributed by atoms with Crippen LogP contribution < -0.4 is 5.32 Å². The van der Waals surface area contributed by atoms with E-state index in [1.54, 1.807) is 18.3 Å². The van der Waals surface area contributed by atoms with Gasteiger partial charge in [-0.15, -0.1) is 0 Å². The van der Waals surface area contributed by atoms with Gasteiger partial charge in [0.1, 0.15) is 5.82 Å². The molecule has 6 nitrogen and oxygen atoms in total. The Morgan fingerprint density at radius 2 is 2.04 bits per heavy atom. The Balaban J connectivity index is 1.67. The van der Waals surface area contributed by atoms with Gasteiger partial charge in [0, 0.05) is 23.3 Å². The minimum absolute atomic E-state index is 0.333. The molecular formula is C17H14ClN3O3. The summed E-state index contributed by atoms with van der Waals surface area (Å²) in [6, 6.07) is 10.5. The number of halogens is 1. The number of ether oxygens (including phenoxy) is 1. The van der Waals surface area contributed by atoms with Gasteiger partial charge in [0.05, 0.1) is 10.6 Å². The van der Waals surface area contributed by atoms with Crippen molar-refractivity contribution in [2.75, 3.05) is 5.32 Å². The van der Waals surface area contributed by atoms with Gasteiger partial charge >= 0.3 is 5.97 Å². The number of carbonyl (C=O) groups excluding carboxylic acids is 2. The number of aromatic amines is 1. The van der Waals surface area contributed by atoms with Crippen molar-refractivity contribution in [2.24, 2.45) is 0 Å². The molecule has 7 heteroatoms. The van der Waals surface area contributed by atoms with E-state index in [1.807, 2.05) is 24.3 Å². The molecule has 0 saturated carbocycles. The van der Waals surface area contributed by atoms with E-state index < -0.39 is 18.0 Å². The van der Waals surface area contributed by atoms with Crippen molar-refractivity contribution in [3.63, 3.8) is 0 Å². The van der Waals surface area contributed by atoms with Crippen molar-refractivity contribution >= 4 is 40.2 Å². The summed E-state index contributed by atoms with van der Waals surface area (Å²) < 4.78 is 5.24. The van der Waals surface area contributed by atoms with Crippen molar-refractivity contribution in [1.29, 1.82) is 0 Å². The standard InChI is InChI=1S/C17H14ClN3O3/c1-10(16(22)21-15-7-6-11(18)8-20-15)24-17(23)13-9-19-14-5-3-2-4-12(13)14/h2-10,19H,1H3,(H,20,21,22)/t10-/m1/s1. The number of nitrogens with one attached hydrogen (secondary N) is 2. The first kappa shape index (κ1) is 16.0. The number of nitrogens with zero attached hydrogens (tertiary/aromatic N) is 1. The number of amides is 1. The summed E-state index contributed by atoms with van der Waals surface area (Å²) in [5.74, 6) is -0.712. The molecule has 122 valence electrons. The number of fused-ring (bicyclic) bond motifs is 1. The molecule has 0 aliphatic heterocycles. The first-order valence-electron chi connectivity index (χ1n) is 7.24. The van der Waals surface area contributed by atoms with Gasteiger partial charge in [-0.1, -0.05) is 29.8 Å². The third-order valence-electron chi connectivity index (χ3n) is 3.44. The first-order valence-corrected chi connectivity index (χ1v) is 7.62. The summed E-state index contributed by atoms with van der Waals surface area (Å²) in [4.78, 5) is 31.3. The van der Waals surface area contributed by atoms with Gasteiger partial charge in [0.15, 0.2) is 6.10 Å². The molecule has 2 aromatic heterocycles. The minimum Gasteiger partial charge on any atom is -0.449 e. The molecule has 0 bridgehead atoms. The van der Waals surface area contributed by atoms with E-state index in [1.165, 1.54) is 13.1 Å². The number of pyridine rings is 1. The van der Waals surface area contributed by atoms with Crippen LogP contribution in [0, 0.1) is 0 Å². The molecule has 0 radical (unpaired) electrons. The fraction of sp³-hybridized carbons (Fsp3) is 0.118. The second-order valence-corrected chi connectivity index (χ2v) is 5.58. The predicted octanol–water partition coefficient (Wildman–Crippen LogP) is 3.40. The molecule has 24 heavy (non-hydrogen) atoms. The molecule has 0 fully saturated rings. The van der Waals surface area contributed by atoms with Crippen LogP contribution in [0.5, 0.6) is 0 Å². The molecular weight excluding hydrogens is 330 g/mol. The van der Waals surface area contributed by atoms with Crippen molar-refractivity contribution in [2.45, 2.75) is 13.0 Å². The number of carbonyl (C=O) groups is 2. The van der Waals surface area contributed by atoms with Gasteiger partial charge in [-0.2, -0.15) is 0 Å². The van der Waals surface area contributed by atoms with E-state index in [-0.39, 0.29) is 0 Å². The lowest BCUT2D eigenvalue weighted by Gasteiger charge is -2.12. The Kier molecular flexibility index (Phi) is 4.48. The normalized spacial score (nSPS) is 11.9. The minimum atomic E-state index is -0.969. The number of aromatic nitrogens is 2. The van der Waals surface area contributed by atoms with Crippen LogP contribution in [-0.4, -0.2) is 27.9 Å². The zero-order valence-corrected chi connectivity index (χ0v) is 13.5. The maximum absolute atomic E-state index is 12.3. The average molecular weight is 344 g/mol. The van der Waals surface area contributed by atoms with Crippen LogP contribution in [0.3, 0.4) is 0 Å². The largest absolute Gasteiger partial charge is 0.449 e. The van der Waals surface area contributed by atoms with Crippen molar-refractivity contribution < 1.29 is 14.3 Å². The Labute approximate surface area is 142 Å². The lowest BCUT2D eigenvalue weighted by molar-refractivity contribution is -0.123. The molecule has 1 aromatic carbocycles. The fourth-order valence-electron chi connectivity index (χ4n) is 2.20. The van der Waals surface area contributed by atoms with E-state index in [9.17, 15) is 9.59 Å². The number of anilines is 1. The van der Waals surface area contributed by atoms with Crippen LogP contribution in [0.4, 0.5) is 5.82 Å². The number of hydrogen-bond acceptors (Lipinski definition) is 4. The van der Waals surface area contributed by atoms with E-state index >= 15 is 0 Å². The number of hydrogen-bond donors (Lipinski definition) is 2. The molecule has 2 N–H and O–H groups in total. The van der Waals surface area contributed by atoms with E-state index in [4.69, 9.17) is 16.3 Å². The van der Waals surface area contributed by atoms with Gasteiger partial charge in [0.2, 0.25) is 0 Å². The molecule has 0 aliphatic carbocycles. The highest BCUT2D eigenvalue weighted by atomic mass is 35.5. The highest BCUT2D eigenvalue weighted by molar-refractivity contribution is 6.30. The summed E-state index contributed by atoms with van der Waals surface area (Å²) in [6.45, 7) is 1.50. The predicted molar refractivity (Wildman–Crippen MR) is 91.1 cm³/mol. The quantitative estimate of drug-likeness (QED) is 0.711. The second-order valence-electron chi connectivity index (χ2n) is 5.15. The first-order chi connectivity index (χ1) is 11.5. The zero-order valence-electron chi connectivity index (χ0n) is 12.7. The second kappa shape index (κ2) is 6.72. The van der Waals surface area contributed by atoms with Gasteiger partial charge in [-0.25, -0.2) is 9.78 Å². The number of esters is 1. The van der Waals surface area contributed by atoms with Crippen LogP contribution in [-0.2, 0) is 9.53 Å². The fourth-order valence-corrected chi connectivity index (χ4v) is 2.31. The maximum atomic E-state index is 12.3. The third-order valence-corrected chi connectivity index (χ3v) is 3.66. The van der Waals surface area contributed by atoms with Crippen LogP contribution >= 0.6 is 11.6 Å². The van der Waals surface area contributed by atoms with E-state index in [2.05, 4.69) is 15.3 Å². The molecule has 1 atom stereocenters. The molecule has 3 rings (SSSR count). The molecule has 3 aromatic rings. The summed E-state index contributed by atoms with van der Waals surface area (Å²) in [5, 5.41) is 3.77. The van der Waals surface area contributed by atoms with E-state index in [0.717, 1.165) is 10.9 Å². The Hall–Kier alpha value is -2.86. The summed E-state index contributed by atoms with van der Waals surface area (Å²) in [5.41, 5.74) is 1.21. The third kappa shape index (κ3) is 3.38. The lowest BCUT2D eigenvalue weighted by Crippen LogP contribution is -2.30. The summed E-state index contributed by atoms with van der Waals surface area (Å²) >= 11 is 5.74. The van der Waals surface area contributed by atoms with Gasteiger partial charge in [-0.05, 0) is 25.1 Å². The highest BCUT2D eigenvalue weighted by Gasteiger charge is 2.21. The Morgan fingerprint density at radius 3 is 2.79 bits per heavy atom. The smallest absolute Gasteiger partial charge is 0.341 e. The van der Waals surface area contributed by atoms with Crippen molar-refractivity contribution in [3.8, 4) is 0 Å². The average Bonchev–Trinajstić information content (AvgIpc) is 3.01. The maximum Gasteiger partial charge on any atom is 0.341 e. The van der Waals surface area contributed by atoms with Crippen LogP contribution in [0.25, 0.3) is 10.9 Å².